The number of tetrazole rings is 1. The van der Waals surface area contributed by atoms with Gasteiger partial charge in [0, 0.05) is 34.3 Å². The van der Waals surface area contributed by atoms with Crippen LogP contribution in [0.15, 0.2) is 61.1 Å². The van der Waals surface area contributed by atoms with Gasteiger partial charge < -0.3 is 10.2 Å². The molecule has 34 heavy (non-hydrogen) atoms. The normalized spacial score (nSPS) is 16.9. The molecular weight excluding hydrogens is 458 g/mol. The number of aromatic nitrogens is 5. The van der Waals surface area contributed by atoms with E-state index in [2.05, 4.69) is 20.5 Å². The average molecular weight is 476 g/mol. The summed E-state index contributed by atoms with van der Waals surface area (Å²) in [6.45, 7) is 0. The predicted octanol–water partition coefficient (Wildman–Crippen LogP) is 3.41. The zero-order chi connectivity index (χ0) is 23.8. The molecular formula is C24H18ClN5O4. The average Bonchev–Trinajstić information content (AvgIpc) is 3.48. The second-order valence-electron chi connectivity index (χ2n) is 8.06. The summed E-state index contributed by atoms with van der Waals surface area (Å²) in [5, 5.41) is 31.6. The topological polar surface area (TPSA) is 131 Å². The van der Waals surface area contributed by atoms with Crippen molar-refractivity contribution < 1.29 is 19.8 Å². The third-order valence-corrected chi connectivity index (χ3v) is 6.17. The van der Waals surface area contributed by atoms with Gasteiger partial charge >= 0.3 is 5.97 Å². The van der Waals surface area contributed by atoms with Gasteiger partial charge in [0.2, 0.25) is 0 Å². The van der Waals surface area contributed by atoms with Crippen LogP contribution in [0.1, 0.15) is 45.6 Å². The van der Waals surface area contributed by atoms with Crippen LogP contribution in [-0.2, 0) is 11.2 Å². The molecule has 0 saturated heterocycles. The number of pyridine rings is 1. The fourth-order valence-corrected chi connectivity index (χ4v) is 4.42. The van der Waals surface area contributed by atoms with Crippen molar-refractivity contribution in [3.8, 4) is 16.8 Å². The number of aromatic carboxylic acids is 1. The van der Waals surface area contributed by atoms with E-state index in [9.17, 15) is 14.7 Å². The number of Topliss-reactive ketones (excluding diaryl/α,β-unsaturated/α-hetero) is 1. The van der Waals surface area contributed by atoms with Crippen molar-refractivity contribution in [2.45, 2.75) is 24.9 Å². The van der Waals surface area contributed by atoms with Crippen molar-refractivity contribution >= 4 is 23.4 Å². The van der Waals surface area contributed by atoms with Gasteiger partial charge in [-0.1, -0.05) is 23.7 Å². The van der Waals surface area contributed by atoms with Gasteiger partial charge in [0.25, 0.3) is 0 Å². The van der Waals surface area contributed by atoms with Gasteiger partial charge in [-0.05, 0) is 58.8 Å². The van der Waals surface area contributed by atoms with E-state index in [1.54, 1.807) is 36.5 Å². The minimum atomic E-state index is -1.02. The number of aliphatic hydroxyl groups is 1. The van der Waals surface area contributed by atoms with Crippen molar-refractivity contribution in [1.82, 2.24) is 25.2 Å². The molecule has 0 amide bonds. The summed E-state index contributed by atoms with van der Waals surface area (Å²) in [5.41, 5.74) is 4.16. The first-order valence-corrected chi connectivity index (χ1v) is 10.8. The van der Waals surface area contributed by atoms with Crippen molar-refractivity contribution in [3.63, 3.8) is 0 Å². The second-order valence-corrected chi connectivity index (χ2v) is 8.50. The molecule has 2 aromatic carbocycles. The van der Waals surface area contributed by atoms with Crippen molar-refractivity contribution in [2.24, 2.45) is 0 Å². The molecule has 2 atom stereocenters. The standard InChI is InChI=1S/C24H18ClN5O4/c25-16-5-6-20(30-12-27-28-29-30)17(9-16)15-8-18-22(32)10-19(23(18)26-11-15)21(31)7-13-1-3-14(4-2-13)24(33)34/h1-6,8-9,11-12,19,22,32H,7,10H2,(H,33,34). The molecule has 2 unspecified atom stereocenters. The Morgan fingerprint density at radius 3 is 2.62 bits per heavy atom. The van der Waals surface area contributed by atoms with Gasteiger partial charge in [0.05, 0.1) is 29.0 Å². The molecule has 2 aromatic heterocycles. The fraction of sp³-hybridized carbons (Fsp3) is 0.167. The fourth-order valence-electron chi connectivity index (χ4n) is 4.24. The molecule has 1 aliphatic rings. The molecule has 10 heteroatoms. The van der Waals surface area contributed by atoms with Crippen LogP contribution in [0.3, 0.4) is 0 Å². The first-order valence-electron chi connectivity index (χ1n) is 10.5. The number of rotatable bonds is 6. The highest BCUT2D eigenvalue weighted by atomic mass is 35.5. The van der Waals surface area contributed by atoms with Gasteiger partial charge in [-0.3, -0.25) is 9.78 Å². The molecule has 0 fully saturated rings. The summed E-state index contributed by atoms with van der Waals surface area (Å²) in [4.78, 5) is 28.6. The zero-order valence-electron chi connectivity index (χ0n) is 17.7. The quantitative estimate of drug-likeness (QED) is 0.433. The highest BCUT2D eigenvalue weighted by Gasteiger charge is 2.36. The number of benzene rings is 2. The Kier molecular flexibility index (Phi) is 5.64. The highest BCUT2D eigenvalue weighted by molar-refractivity contribution is 6.31. The van der Waals surface area contributed by atoms with E-state index >= 15 is 0 Å². The van der Waals surface area contributed by atoms with E-state index in [0.717, 1.165) is 5.56 Å². The molecule has 0 bridgehead atoms. The summed E-state index contributed by atoms with van der Waals surface area (Å²) < 4.78 is 1.51. The maximum atomic E-state index is 13.0. The number of carboxylic acid groups (broad SMARTS) is 1. The number of hydrogen-bond donors (Lipinski definition) is 2. The second kappa shape index (κ2) is 8.77. The minimum absolute atomic E-state index is 0.0849. The maximum absolute atomic E-state index is 13.0. The van der Waals surface area contributed by atoms with Crippen LogP contribution in [0.4, 0.5) is 0 Å². The smallest absolute Gasteiger partial charge is 0.335 e. The molecule has 0 radical (unpaired) electrons. The lowest BCUT2D eigenvalue weighted by atomic mass is 9.94. The SMILES string of the molecule is O=C(O)c1ccc(CC(=O)C2CC(O)c3cc(-c4cc(Cl)ccc4-n4cnnn4)cnc32)cc1. The molecule has 170 valence electrons. The number of halogens is 1. The minimum Gasteiger partial charge on any atom is -0.478 e. The summed E-state index contributed by atoms with van der Waals surface area (Å²) >= 11 is 6.23. The molecule has 5 rings (SSSR count). The first kappa shape index (κ1) is 21.9. The lowest BCUT2D eigenvalue weighted by molar-refractivity contribution is -0.120. The molecule has 0 aliphatic heterocycles. The molecule has 2 N–H and O–H groups in total. The maximum Gasteiger partial charge on any atom is 0.335 e. The third-order valence-electron chi connectivity index (χ3n) is 5.93. The van der Waals surface area contributed by atoms with E-state index in [1.807, 2.05) is 6.07 Å². The summed E-state index contributed by atoms with van der Waals surface area (Å²) in [6.07, 6.45) is 2.66. The monoisotopic (exact) mass is 475 g/mol. The predicted molar refractivity (Wildman–Crippen MR) is 122 cm³/mol. The zero-order valence-corrected chi connectivity index (χ0v) is 18.4. The molecule has 0 saturated carbocycles. The Hall–Kier alpha value is -3.95. The Morgan fingerprint density at radius 2 is 1.91 bits per heavy atom. The van der Waals surface area contributed by atoms with Crippen molar-refractivity contribution in [2.75, 3.05) is 0 Å². The summed E-state index contributed by atoms with van der Waals surface area (Å²) in [7, 11) is 0. The van der Waals surface area contributed by atoms with Crippen molar-refractivity contribution in [1.29, 1.82) is 0 Å². The Balaban J connectivity index is 1.44. The first-order chi connectivity index (χ1) is 16.4. The number of ketones is 1. The number of carboxylic acids is 1. The number of aliphatic hydroxyl groups excluding tert-OH is 1. The molecule has 0 spiro atoms. The van der Waals surface area contributed by atoms with Crippen LogP contribution in [0.2, 0.25) is 5.02 Å². The Labute approximate surface area is 198 Å². The van der Waals surface area contributed by atoms with Crippen LogP contribution in [-0.4, -0.2) is 47.2 Å². The van der Waals surface area contributed by atoms with Gasteiger partial charge in [-0.2, -0.15) is 4.68 Å². The van der Waals surface area contributed by atoms with Crippen LogP contribution >= 0.6 is 11.6 Å². The summed E-state index contributed by atoms with van der Waals surface area (Å²) in [6, 6.07) is 13.3. The Morgan fingerprint density at radius 1 is 1.12 bits per heavy atom. The van der Waals surface area contributed by atoms with E-state index in [1.165, 1.54) is 23.1 Å². The molecule has 2 heterocycles. The van der Waals surface area contributed by atoms with Gasteiger partial charge in [-0.15, -0.1) is 5.10 Å². The van der Waals surface area contributed by atoms with Crippen LogP contribution in [0.25, 0.3) is 16.8 Å². The number of nitrogens with zero attached hydrogens (tertiary/aromatic N) is 5. The lowest BCUT2D eigenvalue weighted by Crippen LogP contribution is -2.14. The third kappa shape index (κ3) is 4.07. The molecule has 9 nitrogen and oxygen atoms in total. The van der Waals surface area contributed by atoms with Gasteiger partial charge in [0.15, 0.2) is 0 Å². The van der Waals surface area contributed by atoms with E-state index in [0.29, 0.717) is 33.1 Å². The van der Waals surface area contributed by atoms with E-state index in [4.69, 9.17) is 16.7 Å². The highest BCUT2D eigenvalue weighted by Crippen LogP contribution is 2.42. The van der Waals surface area contributed by atoms with Gasteiger partial charge in [-0.25, -0.2) is 4.79 Å². The largest absolute Gasteiger partial charge is 0.478 e. The van der Waals surface area contributed by atoms with Crippen LogP contribution in [0.5, 0.6) is 0 Å². The van der Waals surface area contributed by atoms with E-state index < -0.39 is 18.0 Å². The lowest BCUT2D eigenvalue weighted by Gasteiger charge is -2.13. The molecule has 1 aliphatic carbocycles. The molecule has 4 aromatic rings. The number of hydrogen-bond acceptors (Lipinski definition) is 7. The number of carbonyl (C=O) groups excluding carboxylic acids is 1. The van der Waals surface area contributed by atoms with Crippen LogP contribution < -0.4 is 0 Å². The van der Waals surface area contributed by atoms with Crippen molar-refractivity contribution in [3.05, 3.63) is 88.5 Å². The number of fused-ring (bicyclic) bond motifs is 1. The summed E-state index contributed by atoms with van der Waals surface area (Å²) in [5.74, 6) is -1.65. The van der Waals surface area contributed by atoms with E-state index in [-0.39, 0.29) is 24.2 Å². The van der Waals surface area contributed by atoms with Crippen LogP contribution in [0, 0.1) is 0 Å². The number of carbonyl (C=O) groups is 2. The Bertz CT molecular complexity index is 1390. The van der Waals surface area contributed by atoms with Gasteiger partial charge in [0.1, 0.15) is 12.1 Å².